The van der Waals surface area contributed by atoms with Crippen molar-refractivity contribution in [3.8, 4) is 0 Å². The number of halogens is 2. The Bertz CT molecular complexity index is 521. The summed E-state index contributed by atoms with van der Waals surface area (Å²) in [5, 5.41) is 0. The van der Waals surface area contributed by atoms with E-state index < -0.39 is 11.6 Å². The van der Waals surface area contributed by atoms with Gasteiger partial charge in [0.15, 0.2) is 5.79 Å². The van der Waals surface area contributed by atoms with Gasteiger partial charge < -0.3 is 14.4 Å². The normalized spacial score (nSPS) is 21.4. The van der Waals surface area contributed by atoms with Crippen molar-refractivity contribution in [1.29, 1.82) is 0 Å². The van der Waals surface area contributed by atoms with Gasteiger partial charge in [-0.05, 0) is 28.1 Å². The number of hydrogen-bond donors (Lipinski definition) is 0. The first-order chi connectivity index (χ1) is 9.61. The van der Waals surface area contributed by atoms with Crippen LogP contribution in [0, 0.1) is 5.82 Å². The summed E-state index contributed by atoms with van der Waals surface area (Å²) < 4.78 is 25.0. The monoisotopic (exact) mass is 343 g/mol. The molecule has 0 bridgehead atoms. The van der Waals surface area contributed by atoms with Crippen molar-refractivity contribution in [3.05, 3.63) is 34.1 Å². The fourth-order valence-electron chi connectivity index (χ4n) is 2.68. The summed E-state index contributed by atoms with van der Waals surface area (Å²) in [4.78, 5) is 14.1. The molecule has 2 heterocycles. The van der Waals surface area contributed by atoms with Crippen LogP contribution in [0.3, 0.4) is 0 Å². The van der Waals surface area contributed by atoms with Gasteiger partial charge in [0.25, 0.3) is 5.91 Å². The Morgan fingerprint density at radius 2 is 1.90 bits per heavy atom. The minimum Gasteiger partial charge on any atom is -0.347 e. The molecule has 0 aliphatic carbocycles. The highest BCUT2D eigenvalue weighted by atomic mass is 79.9. The number of rotatable bonds is 1. The quantitative estimate of drug-likeness (QED) is 0.786. The van der Waals surface area contributed by atoms with Gasteiger partial charge in [0.2, 0.25) is 0 Å². The molecule has 1 amide bonds. The Hall–Kier alpha value is -0.980. The van der Waals surface area contributed by atoms with Gasteiger partial charge in [0.05, 0.1) is 23.2 Å². The van der Waals surface area contributed by atoms with Crippen molar-refractivity contribution in [1.82, 2.24) is 4.90 Å². The van der Waals surface area contributed by atoms with Gasteiger partial charge in [-0.3, -0.25) is 4.79 Å². The Morgan fingerprint density at radius 1 is 1.25 bits per heavy atom. The third kappa shape index (κ3) is 2.47. The first-order valence-electron chi connectivity index (χ1n) is 6.62. The topological polar surface area (TPSA) is 38.8 Å². The third-order valence-corrected chi connectivity index (χ3v) is 4.61. The lowest BCUT2D eigenvalue weighted by Gasteiger charge is -2.37. The lowest BCUT2D eigenvalue weighted by atomic mass is 10.0. The van der Waals surface area contributed by atoms with Crippen molar-refractivity contribution in [2.45, 2.75) is 18.6 Å². The average molecular weight is 344 g/mol. The van der Waals surface area contributed by atoms with Crippen molar-refractivity contribution in [2.75, 3.05) is 26.3 Å². The van der Waals surface area contributed by atoms with Gasteiger partial charge in [0, 0.05) is 25.9 Å². The first-order valence-corrected chi connectivity index (χ1v) is 7.42. The Kier molecular flexibility index (Phi) is 3.79. The molecule has 108 valence electrons. The van der Waals surface area contributed by atoms with Crippen molar-refractivity contribution >= 4 is 21.8 Å². The molecular weight excluding hydrogens is 329 g/mol. The minimum absolute atomic E-state index is 0.163. The van der Waals surface area contributed by atoms with E-state index in [0.717, 1.165) is 0 Å². The predicted molar refractivity (Wildman–Crippen MR) is 73.9 cm³/mol. The van der Waals surface area contributed by atoms with E-state index in [4.69, 9.17) is 9.47 Å². The van der Waals surface area contributed by atoms with Gasteiger partial charge in [-0.15, -0.1) is 0 Å². The second kappa shape index (κ2) is 5.42. The molecule has 0 aromatic heterocycles. The summed E-state index contributed by atoms with van der Waals surface area (Å²) in [5.74, 6) is -1.09. The van der Waals surface area contributed by atoms with Crippen LogP contribution >= 0.6 is 15.9 Å². The van der Waals surface area contributed by atoms with E-state index in [1.54, 1.807) is 17.0 Å². The van der Waals surface area contributed by atoms with Crippen molar-refractivity contribution in [3.63, 3.8) is 0 Å². The Balaban J connectivity index is 1.71. The van der Waals surface area contributed by atoms with Crippen molar-refractivity contribution < 1.29 is 18.7 Å². The average Bonchev–Trinajstić information content (AvgIpc) is 2.90. The van der Waals surface area contributed by atoms with Crippen molar-refractivity contribution in [2.24, 2.45) is 0 Å². The van der Waals surface area contributed by atoms with Gasteiger partial charge in [-0.1, -0.05) is 6.07 Å². The number of piperidine rings is 1. The number of carbonyl (C=O) groups excluding carboxylic acids is 1. The minimum atomic E-state index is -0.504. The van der Waals surface area contributed by atoms with Gasteiger partial charge in [-0.2, -0.15) is 0 Å². The molecule has 0 unspecified atom stereocenters. The molecule has 0 saturated carbocycles. The van der Waals surface area contributed by atoms with Crippen LogP contribution < -0.4 is 0 Å². The number of nitrogens with zero attached hydrogens (tertiary/aromatic N) is 1. The highest BCUT2D eigenvalue weighted by Gasteiger charge is 2.41. The third-order valence-electron chi connectivity index (χ3n) is 3.81. The van der Waals surface area contributed by atoms with Crippen LogP contribution in [0.5, 0.6) is 0 Å². The molecule has 20 heavy (non-hydrogen) atoms. The molecule has 4 nitrogen and oxygen atoms in total. The van der Waals surface area contributed by atoms with Crippen LogP contribution in [0.15, 0.2) is 22.7 Å². The largest absolute Gasteiger partial charge is 0.347 e. The van der Waals surface area contributed by atoms with Gasteiger partial charge in [-0.25, -0.2) is 4.39 Å². The van der Waals surface area contributed by atoms with Crippen LogP contribution in [0.2, 0.25) is 0 Å². The zero-order chi connectivity index (χ0) is 14.2. The van der Waals surface area contributed by atoms with E-state index in [2.05, 4.69) is 15.9 Å². The summed E-state index contributed by atoms with van der Waals surface area (Å²) in [6, 6.07) is 4.50. The molecule has 2 fully saturated rings. The van der Waals surface area contributed by atoms with E-state index in [1.807, 2.05) is 0 Å². The second-order valence-corrected chi connectivity index (χ2v) is 5.79. The summed E-state index contributed by atoms with van der Waals surface area (Å²) in [5.41, 5.74) is 0.356. The maximum absolute atomic E-state index is 13.5. The number of ether oxygens (including phenoxy) is 2. The SMILES string of the molecule is O=C(c1cccc(F)c1Br)N1CCC2(CC1)OCCO2. The number of benzene rings is 1. The Labute approximate surface area is 125 Å². The van der Waals surface area contributed by atoms with E-state index >= 15 is 0 Å². The van der Waals surface area contributed by atoms with Crippen LogP contribution in [0.1, 0.15) is 23.2 Å². The molecule has 2 aliphatic heterocycles. The molecule has 2 aliphatic rings. The number of hydrogen-bond acceptors (Lipinski definition) is 3. The van der Waals surface area contributed by atoms with E-state index in [-0.39, 0.29) is 10.4 Å². The summed E-state index contributed by atoms with van der Waals surface area (Å²) in [6.07, 6.45) is 1.32. The molecule has 0 atom stereocenters. The lowest BCUT2D eigenvalue weighted by molar-refractivity contribution is -0.181. The highest BCUT2D eigenvalue weighted by Crippen LogP contribution is 2.32. The molecule has 2 saturated heterocycles. The summed E-state index contributed by atoms with van der Waals surface area (Å²) in [7, 11) is 0. The second-order valence-electron chi connectivity index (χ2n) is 5.00. The zero-order valence-corrected chi connectivity index (χ0v) is 12.5. The zero-order valence-electron chi connectivity index (χ0n) is 10.9. The highest BCUT2D eigenvalue weighted by molar-refractivity contribution is 9.10. The molecule has 1 aromatic rings. The molecule has 0 radical (unpaired) electrons. The lowest BCUT2D eigenvalue weighted by Crippen LogP contribution is -2.47. The van der Waals surface area contributed by atoms with Crippen LogP contribution in [-0.2, 0) is 9.47 Å². The fraction of sp³-hybridized carbons (Fsp3) is 0.500. The van der Waals surface area contributed by atoms with Gasteiger partial charge in [0.1, 0.15) is 5.82 Å². The van der Waals surface area contributed by atoms with Crippen LogP contribution in [0.4, 0.5) is 4.39 Å². The van der Waals surface area contributed by atoms with E-state index in [9.17, 15) is 9.18 Å². The maximum atomic E-state index is 13.5. The van der Waals surface area contributed by atoms with E-state index in [1.165, 1.54) is 6.07 Å². The molecule has 1 spiro atoms. The smallest absolute Gasteiger partial charge is 0.255 e. The van der Waals surface area contributed by atoms with Crippen LogP contribution in [0.25, 0.3) is 0 Å². The Morgan fingerprint density at radius 3 is 2.55 bits per heavy atom. The summed E-state index contributed by atoms with van der Waals surface area (Å²) in [6.45, 7) is 2.34. The van der Waals surface area contributed by atoms with Crippen LogP contribution in [-0.4, -0.2) is 42.9 Å². The number of carbonyl (C=O) groups is 1. The first kappa shape index (κ1) is 14.0. The molecule has 1 aromatic carbocycles. The van der Waals surface area contributed by atoms with E-state index in [0.29, 0.717) is 44.7 Å². The van der Waals surface area contributed by atoms with Gasteiger partial charge >= 0.3 is 0 Å². The standard InChI is InChI=1S/C14H15BrFNO3/c15-12-10(2-1-3-11(12)16)13(18)17-6-4-14(5-7-17)19-8-9-20-14/h1-3H,4-9H2. The molecule has 0 N–H and O–H groups in total. The maximum Gasteiger partial charge on any atom is 0.255 e. The summed E-state index contributed by atoms with van der Waals surface area (Å²) >= 11 is 3.14. The predicted octanol–water partition coefficient (Wildman–Crippen LogP) is 2.57. The number of likely N-dealkylation sites (tertiary alicyclic amines) is 1. The molecule has 3 rings (SSSR count). The fourth-order valence-corrected chi connectivity index (χ4v) is 3.11. The number of amides is 1. The molecule has 6 heteroatoms. The molecular formula is C14H15BrFNO3.